The maximum atomic E-state index is 12.1. The highest BCUT2D eigenvalue weighted by molar-refractivity contribution is 5.89. The molecule has 0 spiro atoms. The lowest BCUT2D eigenvalue weighted by molar-refractivity contribution is 0.104. The van der Waals surface area contributed by atoms with Gasteiger partial charge in [0.25, 0.3) is 0 Å². The number of nitrogens with two attached hydrogens (primary N) is 2. The highest BCUT2D eigenvalue weighted by Gasteiger charge is 2.21. The standard InChI is InChI=1S/C18H21N3O3/c19-16(11-14-7-3-1-4-8-14)13-24-18(23)21(17(20)22)12-15-9-5-2-6-10-15/h1-10,16H,11-13,19H2,(H2,20,22). The van der Waals surface area contributed by atoms with Gasteiger partial charge in [0.05, 0.1) is 6.54 Å². The molecule has 6 heteroatoms. The first-order valence-electron chi connectivity index (χ1n) is 7.63. The molecule has 126 valence electrons. The number of hydrogen-bond acceptors (Lipinski definition) is 4. The molecule has 0 fully saturated rings. The Labute approximate surface area is 141 Å². The number of primary amides is 1. The third kappa shape index (κ3) is 5.40. The van der Waals surface area contributed by atoms with Crippen LogP contribution in [-0.2, 0) is 17.7 Å². The zero-order chi connectivity index (χ0) is 17.4. The van der Waals surface area contributed by atoms with E-state index in [-0.39, 0.29) is 19.2 Å². The lowest BCUT2D eigenvalue weighted by Gasteiger charge is -2.20. The van der Waals surface area contributed by atoms with E-state index in [4.69, 9.17) is 16.2 Å². The predicted octanol–water partition coefficient (Wildman–Crippen LogP) is 2.27. The van der Waals surface area contributed by atoms with Gasteiger partial charge in [0.1, 0.15) is 6.61 Å². The normalized spacial score (nSPS) is 11.5. The summed E-state index contributed by atoms with van der Waals surface area (Å²) in [4.78, 5) is 24.4. The van der Waals surface area contributed by atoms with E-state index in [0.717, 1.165) is 16.0 Å². The summed E-state index contributed by atoms with van der Waals surface area (Å²) in [6.45, 7) is 0.0647. The minimum atomic E-state index is -0.861. The molecule has 0 radical (unpaired) electrons. The van der Waals surface area contributed by atoms with Gasteiger partial charge in [-0.3, -0.25) is 0 Å². The second-order valence-corrected chi connectivity index (χ2v) is 5.44. The van der Waals surface area contributed by atoms with E-state index in [2.05, 4.69) is 0 Å². The summed E-state index contributed by atoms with van der Waals surface area (Å²) in [5, 5.41) is 0. The SMILES string of the molecule is NC(=O)N(Cc1ccccc1)C(=O)OCC(N)Cc1ccccc1. The maximum Gasteiger partial charge on any atom is 0.418 e. The predicted molar refractivity (Wildman–Crippen MR) is 91.0 cm³/mol. The average Bonchev–Trinajstić information content (AvgIpc) is 2.59. The third-order valence-electron chi connectivity index (χ3n) is 3.43. The van der Waals surface area contributed by atoms with Crippen molar-refractivity contribution in [2.45, 2.75) is 19.0 Å². The van der Waals surface area contributed by atoms with Crippen molar-refractivity contribution < 1.29 is 14.3 Å². The number of urea groups is 1. The maximum absolute atomic E-state index is 12.1. The summed E-state index contributed by atoms with van der Waals surface area (Å²) in [6.07, 6.45) is -0.224. The van der Waals surface area contributed by atoms with Crippen LogP contribution in [0, 0.1) is 0 Å². The lowest BCUT2D eigenvalue weighted by atomic mass is 10.1. The van der Waals surface area contributed by atoms with E-state index in [0.29, 0.717) is 6.42 Å². The average molecular weight is 327 g/mol. The number of amides is 3. The fraction of sp³-hybridized carbons (Fsp3) is 0.222. The van der Waals surface area contributed by atoms with Crippen molar-refractivity contribution in [1.82, 2.24) is 4.90 Å². The zero-order valence-electron chi connectivity index (χ0n) is 13.3. The molecule has 0 aliphatic carbocycles. The number of ether oxygens (including phenoxy) is 1. The monoisotopic (exact) mass is 327 g/mol. The van der Waals surface area contributed by atoms with Gasteiger partial charge in [-0.25, -0.2) is 14.5 Å². The molecular formula is C18H21N3O3. The van der Waals surface area contributed by atoms with Crippen molar-refractivity contribution in [3.8, 4) is 0 Å². The van der Waals surface area contributed by atoms with Gasteiger partial charge < -0.3 is 16.2 Å². The fourth-order valence-electron chi connectivity index (χ4n) is 2.23. The van der Waals surface area contributed by atoms with Gasteiger partial charge in [-0.2, -0.15) is 0 Å². The van der Waals surface area contributed by atoms with Crippen molar-refractivity contribution in [3.63, 3.8) is 0 Å². The van der Waals surface area contributed by atoms with Gasteiger partial charge in [0.2, 0.25) is 0 Å². The lowest BCUT2D eigenvalue weighted by Crippen LogP contribution is -2.42. The van der Waals surface area contributed by atoms with E-state index in [1.807, 2.05) is 48.5 Å². The first-order valence-corrected chi connectivity index (χ1v) is 7.63. The van der Waals surface area contributed by atoms with Gasteiger partial charge in [0.15, 0.2) is 0 Å². The molecule has 0 bridgehead atoms. The summed E-state index contributed by atoms with van der Waals surface area (Å²) in [7, 11) is 0. The van der Waals surface area contributed by atoms with Crippen molar-refractivity contribution in [1.29, 1.82) is 0 Å². The van der Waals surface area contributed by atoms with Gasteiger partial charge in [-0.05, 0) is 17.5 Å². The molecule has 2 rings (SSSR count). The molecule has 1 atom stereocenters. The Morgan fingerprint density at radius 1 is 0.958 bits per heavy atom. The number of imide groups is 1. The van der Waals surface area contributed by atoms with Crippen LogP contribution in [0.25, 0.3) is 0 Å². The molecule has 0 aliphatic rings. The number of carbonyl (C=O) groups is 2. The Morgan fingerprint density at radius 3 is 2.04 bits per heavy atom. The van der Waals surface area contributed by atoms with Crippen molar-refractivity contribution in [2.24, 2.45) is 11.5 Å². The van der Waals surface area contributed by atoms with Crippen LogP contribution in [-0.4, -0.2) is 29.7 Å². The minimum Gasteiger partial charge on any atom is -0.447 e. The first-order chi connectivity index (χ1) is 11.6. The second kappa shape index (κ2) is 8.69. The van der Waals surface area contributed by atoms with Crippen LogP contribution in [0.5, 0.6) is 0 Å². The molecule has 6 nitrogen and oxygen atoms in total. The van der Waals surface area contributed by atoms with E-state index >= 15 is 0 Å². The fourth-order valence-corrected chi connectivity index (χ4v) is 2.23. The zero-order valence-corrected chi connectivity index (χ0v) is 13.3. The van der Waals surface area contributed by atoms with Crippen LogP contribution in [0.2, 0.25) is 0 Å². The van der Waals surface area contributed by atoms with Gasteiger partial charge in [-0.1, -0.05) is 60.7 Å². The van der Waals surface area contributed by atoms with Gasteiger partial charge >= 0.3 is 12.1 Å². The Kier molecular flexibility index (Phi) is 6.33. The minimum absolute atomic E-state index is 0.00625. The summed E-state index contributed by atoms with van der Waals surface area (Å²) >= 11 is 0. The topological polar surface area (TPSA) is 98.7 Å². The number of hydrogen-bond donors (Lipinski definition) is 2. The number of benzene rings is 2. The van der Waals surface area contributed by atoms with E-state index in [1.165, 1.54) is 0 Å². The number of rotatable bonds is 6. The van der Waals surface area contributed by atoms with Crippen LogP contribution in [0.4, 0.5) is 9.59 Å². The number of nitrogens with zero attached hydrogens (tertiary/aromatic N) is 1. The summed E-state index contributed by atoms with van der Waals surface area (Å²) in [5.74, 6) is 0. The van der Waals surface area contributed by atoms with Gasteiger partial charge in [0, 0.05) is 6.04 Å². The summed E-state index contributed by atoms with van der Waals surface area (Å²) in [5.41, 5.74) is 13.1. The molecular weight excluding hydrogens is 306 g/mol. The molecule has 0 saturated carbocycles. The molecule has 1 unspecified atom stereocenters. The molecule has 2 aromatic rings. The van der Waals surface area contributed by atoms with E-state index in [9.17, 15) is 9.59 Å². The summed E-state index contributed by atoms with van der Waals surface area (Å²) in [6, 6.07) is 17.5. The van der Waals surface area contributed by atoms with E-state index < -0.39 is 12.1 Å². The van der Waals surface area contributed by atoms with Crippen LogP contribution < -0.4 is 11.5 Å². The Bertz CT molecular complexity index is 662. The highest BCUT2D eigenvalue weighted by Crippen LogP contribution is 2.07. The second-order valence-electron chi connectivity index (χ2n) is 5.44. The van der Waals surface area contributed by atoms with Crippen LogP contribution in [0.15, 0.2) is 60.7 Å². The van der Waals surface area contributed by atoms with Crippen LogP contribution >= 0.6 is 0 Å². The summed E-state index contributed by atoms with van der Waals surface area (Å²) < 4.78 is 5.13. The Balaban J connectivity index is 1.87. The Hall–Kier alpha value is -2.86. The smallest absolute Gasteiger partial charge is 0.418 e. The molecule has 4 N–H and O–H groups in total. The molecule has 0 aromatic heterocycles. The Morgan fingerprint density at radius 2 is 1.50 bits per heavy atom. The highest BCUT2D eigenvalue weighted by atomic mass is 16.6. The van der Waals surface area contributed by atoms with Crippen molar-refractivity contribution in [3.05, 3.63) is 71.8 Å². The van der Waals surface area contributed by atoms with Crippen molar-refractivity contribution in [2.75, 3.05) is 6.61 Å². The largest absolute Gasteiger partial charge is 0.447 e. The van der Waals surface area contributed by atoms with E-state index in [1.54, 1.807) is 12.1 Å². The third-order valence-corrected chi connectivity index (χ3v) is 3.43. The van der Waals surface area contributed by atoms with Crippen LogP contribution in [0.3, 0.4) is 0 Å². The molecule has 0 heterocycles. The molecule has 2 aromatic carbocycles. The molecule has 0 saturated heterocycles. The quantitative estimate of drug-likeness (QED) is 0.850. The van der Waals surface area contributed by atoms with Gasteiger partial charge in [-0.15, -0.1) is 0 Å². The number of carbonyl (C=O) groups excluding carboxylic acids is 2. The molecule has 24 heavy (non-hydrogen) atoms. The molecule has 3 amide bonds. The van der Waals surface area contributed by atoms with Crippen molar-refractivity contribution >= 4 is 12.1 Å². The molecule has 0 aliphatic heterocycles. The first kappa shape index (κ1) is 17.5. The van der Waals surface area contributed by atoms with Crippen LogP contribution in [0.1, 0.15) is 11.1 Å².